The minimum Gasteiger partial charge on any atom is -0.384 e. The highest BCUT2D eigenvalue weighted by atomic mass is 32.1. The number of hydrogen-bond donors (Lipinski definition) is 3. The van der Waals surface area contributed by atoms with Gasteiger partial charge in [-0.25, -0.2) is 24.3 Å². The number of aldehydes is 2. The van der Waals surface area contributed by atoms with Crippen molar-refractivity contribution in [2.24, 2.45) is 5.41 Å². The Morgan fingerprint density at radius 3 is 2.02 bits per heavy atom. The Morgan fingerprint density at radius 2 is 1.48 bits per heavy atom. The Hall–Kier alpha value is -6.14. The topological polar surface area (TPSA) is 214 Å². The quantitative estimate of drug-likeness (QED) is 0.0351. The highest BCUT2D eigenvalue weighted by Gasteiger charge is 2.26. The fraction of sp³-hybridized carbons (Fsp3) is 0.508. The summed E-state index contributed by atoms with van der Waals surface area (Å²) in [5.41, 5.74) is 15.3. The van der Waals surface area contributed by atoms with Gasteiger partial charge in [0.2, 0.25) is 5.91 Å². The van der Waals surface area contributed by atoms with E-state index in [0.717, 1.165) is 80.0 Å². The number of likely N-dealkylation sites (N-methyl/N-ethyl adjacent to an activating group) is 1. The fourth-order valence-corrected chi connectivity index (χ4v) is 9.77. The molecule has 0 saturated carbocycles. The van der Waals surface area contributed by atoms with E-state index >= 15 is 4.39 Å². The normalized spacial score (nSPS) is 15.2. The Bertz CT molecular complexity index is 2820. The Morgan fingerprint density at radius 1 is 0.812 bits per heavy atom. The number of imidazole rings is 1. The van der Waals surface area contributed by atoms with Crippen molar-refractivity contribution in [1.82, 2.24) is 44.9 Å². The molecule has 434 valence electrons. The molecule has 4 aromatic heterocycles. The first kappa shape index (κ1) is 63.0. The molecule has 8 rings (SSSR count). The molecule has 0 aliphatic carbocycles. The van der Waals surface area contributed by atoms with Crippen molar-refractivity contribution >= 4 is 52.5 Å². The van der Waals surface area contributed by atoms with Crippen LogP contribution in [0.3, 0.4) is 0 Å². The van der Waals surface area contributed by atoms with Crippen LogP contribution in [0, 0.1) is 25.1 Å². The maximum Gasteiger partial charge on any atom is 0.222 e. The number of hydrogen-bond acceptors (Lipinski definition) is 18. The summed E-state index contributed by atoms with van der Waals surface area (Å²) in [4.78, 5) is 58.9. The van der Waals surface area contributed by atoms with Crippen LogP contribution in [-0.2, 0) is 44.6 Å². The summed E-state index contributed by atoms with van der Waals surface area (Å²) in [7, 11) is 3.95. The van der Waals surface area contributed by atoms with Gasteiger partial charge in [0.15, 0.2) is 5.65 Å². The van der Waals surface area contributed by atoms with Crippen molar-refractivity contribution in [1.29, 1.82) is 0 Å². The molecule has 2 saturated heterocycles. The van der Waals surface area contributed by atoms with E-state index in [2.05, 4.69) is 64.6 Å². The lowest BCUT2D eigenvalue weighted by atomic mass is 9.87. The van der Waals surface area contributed by atoms with Crippen LogP contribution in [0.5, 0.6) is 0 Å². The highest BCUT2D eigenvalue weighted by Crippen LogP contribution is 2.30. The first-order valence-electron chi connectivity index (χ1n) is 27.5. The molecule has 0 radical (unpaired) electrons. The molecule has 6 heterocycles. The molecule has 6 aromatic rings. The number of piperazine rings is 1. The van der Waals surface area contributed by atoms with Gasteiger partial charge in [-0.2, -0.15) is 0 Å². The minimum atomic E-state index is -0.526. The number of nitrogens with two attached hydrogens (primary N) is 1. The van der Waals surface area contributed by atoms with Crippen LogP contribution in [0.2, 0.25) is 0 Å². The largest absolute Gasteiger partial charge is 0.384 e. The molecule has 19 nitrogen and oxygen atoms in total. The molecule has 0 spiro atoms. The second-order valence-corrected chi connectivity index (χ2v) is 21.5. The third kappa shape index (κ3) is 19.8. The van der Waals surface area contributed by atoms with Crippen LogP contribution in [0.25, 0.3) is 38.5 Å². The predicted molar refractivity (Wildman–Crippen MR) is 313 cm³/mol. The molecule has 80 heavy (non-hydrogen) atoms. The number of aryl methyl sites for hydroxylation is 2. The van der Waals surface area contributed by atoms with E-state index in [1.165, 1.54) is 22.4 Å². The Balaban J connectivity index is 0.000000365. The number of nitrogen functional groups attached to an aromatic ring is 1. The van der Waals surface area contributed by atoms with E-state index in [4.69, 9.17) is 34.4 Å². The second kappa shape index (κ2) is 32.9. The summed E-state index contributed by atoms with van der Waals surface area (Å²) in [6.07, 6.45) is 5.87. The van der Waals surface area contributed by atoms with Crippen molar-refractivity contribution in [3.05, 3.63) is 101 Å². The number of carbonyl (C=O) groups excluding carboxylic acids is 3. The number of amides is 1. The number of nitrogens with one attached hydrogen (secondary N) is 2. The van der Waals surface area contributed by atoms with Crippen molar-refractivity contribution in [3.63, 3.8) is 0 Å². The van der Waals surface area contributed by atoms with Crippen LogP contribution in [0.4, 0.5) is 15.9 Å². The average Bonchev–Trinajstić information content (AvgIpc) is 4.22. The number of aromatic nitrogens is 5. The van der Waals surface area contributed by atoms with Crippen LogP contribution in [0.15, 0.2) is 78.4 Å². The molecule has 0 bridgehead atoms. The molecular weight excluding hydrogens is 1040 g/mol. The standard InChI is InChI=1S/C41H57FN8O7.C12H14N2S.C6H11NO/c1-30-45-35-7-6-34(31-9-11-44-38(43)27-31)46-40(35)50(30)32-5-8-36(33(42)28-32)49-14-12-48(13-15-49)16-18-54-20-22-56-24-26-57-25-23-55-21-19-53-17-10-39(52)47-37(29-51)41(2,3)4;1-9-12(15-8-14-9)11-5-3-10(4-6-11)7-13-2;1-7-4-2-3-6(7)5-8/h5-9,11,27-29,37H,10,12-26H2,1-4H3,(H2,43,44)(H,47,52);3-6,8,13H,7H2,1-2H3;5-6H,2-4H2,1H3. The number of halogens is 1. The lowest BCUT2D eigenvalue weighted by molar-refractivity contribution is -0.126. The van der Waals surface area contributed by atoms with Gasteiger partial charge < -0.3 is 54.5 Å². The molecule has 2 unspecified atom stereocenters. The molecule has 2 aromatic carbocycles. The number of pyridine rings is 2. The van der Waals surface area contributed by atoms with E-state index < -0.39 is 6.04 Å². The first-order chi connectivity index (χ1) is 38.7. The number of likely N-dealkylation sites (tertiary alicyclic amines) is 1. The van der Waals surface area contributed by atoms with Gasteiger partial charge in [0.25, 0.3) is 0 Å². The van der Waals surface area contributed by atoms with Crippen LogP contribution < -0.4 is 21.3 Å². The van der Waals surface area contributed by atoms with E-state index in [-0.39, 0.29) is 36.2 Å². The number of anilines is 2. The van der Waals surface area contributed by atoms with Crippen molar-refractivity contribution in [3.8, 4) is 27.4 Å². The molecule has 4 N–H and O–H groups in total. The second-order valence-electron chi connectivity index (χ2n) is 20.6. The summed E-state index contributed by atoms with van der Waals surface area (Å²) >= 11 is 1.70. The van der Waals surface area contributed by atoms with Crippen molar-refractivity contribution in [2.75, 3.05) is 130 Å². The van der Waals surface area contributed by atoms with Gasteiger partial charge in [0.05, 0.1) is 111 Å². The molecule has 1 amide bonds. The Kier molecular flexibility index (Phi) is 26.0. The van der Waals surface area contributed by atoms with Gasteiger partial charge in [-0.3, -0.25) is 19.2 Å². The van der Waals surface area contributed by atoms with Crippen molar-refractivity contribution < 1.29 is 42.5 Å². The lowest BCUT2D eigenvalue weighted by Gasteiger charge is -2.36. The number of nitrogens with zero attached hydrogens (tertiary/aromatic N) is 8. The van der Waals surface area contributed by atoms with Crippen molar-refractivity contribution in [2.45, 2.75) is 72.5 Å². The molecular formula is C59H82FN11O8S. The summed E-state index contributed by atoms with van der Waals surface area (Å²) < 4.78 is 45.3. The van der Waals surface area contributed by atoms with E-state index in [1.807, 2.05) is 89.1 Å². The maximum absolute atomic E-state index is 15.6. The molecule has 21 heteroatoms. The number of fused-ring (bicyclic) bond motifs is 1. The summed E-state index contributed by atoms with van der Waals surface area (Å²) in [6.45, 7) is 19.9. The zero-order chi connectivity index (χ0) is 57.3. The van der Waals surface area contributed by atoms with Gasteiger partial charge in [-0.05, 0) is 100 Å². The van der Waals surface area contributed by atoms with Gasteiger partial charge in [0.1, 0.15) is 35.5 Å². The van der Waals surface area contributed by atoms with Crippen LogP contribution in [-0.4, -0.2) is 184 Å². The summed E-state index contributed by atoms with van der Waals surface area (Å²) in [5, 5.41) is 5.86. The number of thiazole rings is 1. The van der Waals surface area contributed by atoms with Crippen LogP contribution >= 0.6 is 11.3 Å². The summed E-state index contributed by atoms with van der Waals surface area (Å²) in [6, 6.07) is 21.1. The van der Waals surface area contributed by atoms with E-state index in [9.17, 15) is 14.4 Å². The number of ether oxygens (including phenoxy) is 5. The van der Waals surface area contributed by atoms with E-state index in [1.54, 1.807) is 29.7 Å². The minimum absolute atomic E-state index is 0.186. The molecule has 2 fully saturated rings. The van der Waals surface area contributed by atoms with Gasteiger partial charge >= 0.3 is 0 Å². The average molecular weight is 1120 g/mol. The molecule has 2 aliphatic heterocycles. The highest BCUT2D eigenvalue weighted by molar-refractivity contribution is 7.13. The zero-order valence-corrected chi connectivity index (χ0v) is 48.5. The number of rotatable bonds is 27. The number of carbonyl (C=O) groups is 3. The fourth-order valence-electron chi connectivity index (χ4n) is 8.96. The van der Waals surface area contributed by atoms with Gasteiger partial charge in [0, 0.05) is 63.5 Å². The SMILES string of the molecule is CN1CCCC1C=O.CNCc1ccc(-c2scnc2C)cc1.Cc1nc2ccc(-c3ccnc(N)c3)nc2n1-c1ccc(N2CCN(CCOCCOCCOCCOCCOCCC(=O)NC(C=O)C(C)(C)C)CC2)c(F)c1. The van der Waals surface area contributed by atoms with Crippen LogP contribution in [0.1, 0.15) is 57.1 Å². The maximum atomic E-state index is 15.6. The predicted octanol–water partition coefficient (Wildman–Crippen LogP) is 6.95. The zero-order valence-electron chi connectivity index (χ0n) is 47.7. The molecule has 2 atom stereocenters. The van der Waals surface area contributed by atoms with Gasteiger partial charge in [-0.15, -0.1) is 11.3 Å². The number of benzene rings is 2. The third-order valence-corrected chi connectivity index (χ3v) is 14.6. The smallest absolute Gasteiger partial charge is 0.222 e. The monoisotopic (exact) mass is 1120 g/mol. The van der Waals surface area contributed by atoms with E-state index in [0.29, 0.717) is 95.4 Å². The van der Waals surface area contributed by atoms with Gasteiger partial charge in [-0.1, -0.05) is 45.0 Å². The Labute approximate surface area is 474 Å². The molecule has 2 aliphatic rings. The lowest BCUT2D eigenvalue weighted by Crippen LogP contribution is -2.47. The summed E-state index contributed by atoms with van der Waals surface area (Å²) in [5.74, 6) is 0.633. The third-order valence-electron chi connectivity index (χ3n) is 13.6. The first-order valence-corrected chi connectivity index (χ1v) is 28.3.